The number of aliphatic carboxylic acids is 1. The number of carboxylic acids is 1. The van der Waals surface area contributed by atoms with Crippen molar-refractivity contribution in [3.05, 3.63) is 47.5 Å². The summed E-state index contributed by atoms with van der Waals surface area (Å²) in [6.07, 6.45) is 2.61. The van der Waals surface area contributed by atoms with Crippen LogP contribution >= 0.6 is 11.6 Å². The van der Waals surface area contributed by atoms with Gasteiger partial charge in [0.1, 0.15) is 11.9 Å². The van der Waals surface area contributed by atoms with Gasteiger partial charge in [-0.2, -0.15) is 0 Å². The van der Waals surface area contributed by atoms with Gasteiger partial charge in [-0.1, -0.05) is 56.5 Å². The number of unbranched alkanes of at least 4 members (excludes halogenated alkanes) is 1. The molecule has 2 aromatic rings. The van der Waals surface area contributed by atoms with Crippen LogP contribution in [0.3, 0.4) is 0 Å². The Morgan fingerprint density at radius 1 is 1.24 bits per heavy atom. The van der Waals surface area contributed by atoms with Crippen LogP contribution < -0.4 is 9.64 Å². The predicted molar refractivity (Wildman–Crippen MR) is 132 cm³/mol. The van der Waals surface area contributed by atoms with Crippen LogP contribution in [0.15, 0.2) is 47.4 Å². The fourth-order valence-corrected chi connectivity index (χ4v) is 6.84. The molecule has 2 atom stereocenters. The van der Waals surface area contributed by atoms with E-state index in [1.807, 2.05) is 30.3 Å². The molecule has 0 saturated carbocycles. The molecule has 0 aromatic heterocycles. The SMILES string of the molecule is CCCC[C@]1(CC)CN(c2ccccc2)c2cc(Cl)c(O[C@@H](C)CC(=O)O)cc2S(=O)(=O)C1. The molecular formula is C25H32ClNO5S. The number of anilines is 2. The van der Waals surface area contributed by atoms with Crippen molar-refractivity contribution in [2.75, 3.05) is 17.2 Å². The van der Waals surface area contributed by atoms with Gasteiger partial charge in [0.25, 0.3) is 0 Å². The van der Waals surface area contributed by atoms with E-state index < -0.39 is 27.3 Å². The van der Waals surface area contributed by atoms with Crippen LogP contribution in [0.4, 0.5) is 11.4 Å². The highest BCUT2D eigenvalue weighted by molar-refractivity contribution is 7.91. The monoisotopic (exact) mass is 493 g/mol. The minimum atomic E-state index is -3.66. The lowest BCUT2D eigenvalue weighted by Crippen LogP contribution is -2.37. The third-order valence-corrected chi connectivity index (χ3v) is 8.58. The minimum absolute atomic E-state index is 0.0403. The number of rotatable bonds is 9. The molecule has 0 amide bonds. The number of benzene rings is 2. The first-order chi connectivity index (χ1) is 15.6. The molecule has 180 valence electrons. The maximum Gasteiger partial charge on any atom is 0.307 e. The van der Waals surface area contributed by atoms with Crippen LogP contribution in [0.25, 0.3) is 0 Å². The van der Waals surface area contributed by atoms with Crippen molar-refractivity contribution in [3.63, 3.8) is 0 Å². The maximum absolute atomic E-state index is 13.7. The van der Waals surface area contributed by atoms with Crippen molar-refractivity contribution in [1.29, 1.82) is 0 Å². The van der Waals surface area contributed by atoms with E-state index in [0.717, 1.165) is 31.4 Å². The van der Waals surface area contributed by atoms with E-state index in [0.29, 0.717) is 12.2 Å². The molecule has 6 nitrogen and oxygen atoms in total. The van der Waals surface area contributed by atoms with Crippen LogP contribution in [0.1, 0.15) is 52.9 Å². The zero-order chi connectivity index (χ0) is 24.2. The van der Waals surface area contributed by atoms with E-state index >= 15 is 0 Å². The quantitative estimate of drug-likeness (QED) is 0.454. The van der Waals surface area contributed by atoms with Crippen molar-refractivity contribution in [2.45, 2.75) is 63.9 Å². The van der Waals surface area contributed by atoms with Crippen LogP contribution in [-0.4, -0.2) is 37.9 Å². The van der Waals surface area contributed by atoms with Crippen molar-refractivity contribution in [3.8, 4) is 5.75 Å². The molecule has 2 aromatic carbocycles. The lowest BCUT2D eigenvalue weighted by Gasteiger charge is -2.36. The van der Waals surface area contributed by atoms with Gasteiger partial charge < -0.3 is 14.7 Å². The van der Waals surface area contributed by atoms with E-state index in [1.54, 1.807) is 13.0 Å². The summed E-state index contributed by atoms with van der Waals surface area (Å²) in [5.74, 6) is -0.781. The second-order valence-corrected chi connectivity index (χ2v) is 11.3. The lowest BCUT2D eigenvalue weighted by molar-refractivity contribution is -0.138. The molecule has 1 N–H and O–H groups in total. The molecule has 0 radical (unpaired) electrons. The molecule has 1 aliphatic heterocycles. The van der Waals surface area contributed by atoms with Gasteiger partial charge in [0.05, 0.1) is 27.8 Å². The van der Waals surface area contributed by atoms with Gasteiger partial charge >= 0.3 is 5.97 Å². The summed E-state index contributed by atoms with van der Waals surface area (Å²) < 4.78 is 33.2. The smallest absolute Gasteiger partial charge is 0.307 e. The summed E-state index contributed by atoms with van der Waals surface area (Å²) in [6.45, 7) is 6.35. The van der Waals surface area contributed by atoms with Crippen molar-refractivity contribution in [2.24, 2.45) is 5.41 Å². The Bertz CT molecular complexity index is 1090. The Morgan fingerprint density at radius 3 is 2.55 bits per heavy atom. The number of para-hydroxylation sites is 1. The highest BCUT2D eigenvalue weighted by Crippen LogP contribution is 2.46. The molecule has 0 unspecified atom stereocenters. The molecule has 1 heterocycles. The Hall–Kier alpha value is -2.25. The summed E-state index contributed by atoms with van der Waals surface area (Å²) in [5.41, 5.74) is 1.01. The van der Waals surface area contributed by atoms with Gasteiger partial charge in [-0.05, 0) is 38.0 Å². The summed E-state index contributed by atoms with van der Waals surface area (Å²) in [7, 11) is -3.66. The highest BCUT2D eigenvalue weighted by atomic mass is 35.5. The number of sulfone groups is 1. The number of carbonyl (C=O) groups is 1. The molecule has 0 saturated heterocycles. The second-order valence-electron chi connectivity index (χ2n) is 8.91. The van der Waals surface area contributed by atoms with Gasteiger partial charge in [-0.3, -0.25) is 4.79 Å². The molecule has 33 heavy (non-hydrogen) atoms. The standard InChI is InChI=1S/C25H32ClNO5S/c1-4-6-12-25(5-2)16-27(19-10-8-7-9-11-19)21-14-20(26)22(32-18(3)13-24(28)29)15-23(21)33(30,31)17-25/h7-11,14-15,18H,4-6,12-13,16-17H2,1-3H3,(H,28,29)/t18-,25+/m0/s1. The highest BCUT2D eigenvalue weighted by Gasteiger charge is 2.42. The zero-order valence-electron chi connectivity index (χ0n) is 19.4. The topological polar surface area (TPSA) is 83.9 Å². The zero-order valence-corrected chi connectivity index (χ0v) is 21.0. The van der Waals surface area contributed by atoms with E-state index in [2.05, 4.69) is 18.7 Å². The number of nitrogens with zero attached hydrogens (tertiary/aromatic N) is 1. The first-order valence-corrected chi connectivity index (χ1v) is 13.4. The molecule has 0 fully saturated rings. The number of hydrogen-bond donors (Lipinski definition) is 1. The number of ether oxygens (including phenoxy) is 1. The number of hydrogen-bond acceptors (Lipinski definition) is 5. The molecule has 3 rings (SSSR count). The molecular weight excluding hydrogens is 462 g/mol. The average molecular weight is 494 g/mol. The van der Waals surface area contributed by atoms with Crippen molar-refractivity contribution < 1.29 is 23.1 Å². The number of halogens is 1. The van der Waals surface area contributed by atoms with Crippen LogP contribution in [-0.2, 0) is 14.6 Å². The first-order valence-electron chi connectivity index (χ1n) is 11.4. The van der Waals surface area contributed by atoms with Crippen LogP contribution in [0.5, 0.6) is 5.75 Å². The summed E-state index contributed by atoms with van der Waals surface area (Å²) >= 11 is 6.54. The summed E-state index contributed by atoms with van der Waals surface area (Å²) in [4.78, 5) is 13.3. The fraction of sp³-hybridized carbons (Fsp3) is 0.480. The van der Waals surface area contributed by atoms with E-state index in [9.17, 15) is 13.2 Å². The minimum Gasteiger partial charge on any atom is -0.489 e. The Morgan fingerprint density at radius 2 is 1.94 bits per heavy atom. The molecule has 0 bridgehead atoms. The van der Waals surface area contributed by atoms with Crippen molar-refractivity contribution in [1.82, 2.24) is 0 Å². The largest absolute Gasteiger partial charge is 0.489 e. The molecule has 0 aliphatic carbocycles. The van der Waals surface area contributed by atoms with Gasteiger partial charge in [0.2, 0.25) is 0 Å². The first kappa shape index (κ1) is 25.4. The molecule has 0 spiro atoms. The Balaban J connectivity index is 2.17. The molecule has 1 aliphatic rings. The predicted octanol–water partition coefficient (Wildman–Crippen LogP) is 6.09. The Labute approximate surface area is 201 Å². The van der Waals surface area contributed by atoms with Gasteiger partial charge in [0, 0.05) is 23.7 Å². The lowest BCUT2D eigenvalue weighted by atomic mass is 9.81. The summed E-state index contributed by atoms with van der Waals surface area (Å²) in [5, 5.41) is 9.29. The Kier molecular flexibility index (Phi) is 7.96. The van der Waals surface area contributed by atoms with E-state index in [1.165, 1.54) is 6.07 Å². The number of fused-ring (bicyclic) bond motifs is 1. The maximum atomic E-state index is 13.7. The third kappa shape index (κ3) is 5.82. The normalized spacial score (nSPS) is 20.5. The average Bonchev–Trinajstić information content (AvgIpc) is 2.85. The number of carboxylic acid groups (broad SMARTS) is 1. The van der Waals surface area contributed by atoms with E-state index in [4.69, 9.17) is 21.4 Å². The van der Waals surface area contributed by atoms with Gasteiger partial charge in [-0.25, -0.2) is 8.42 Å². The van der Waals surface area contributed by atoms with E-state index in [-0.39, 0.29) is 27.8 Å². The fourth-order valence-electron chi connectivity index (χ4n) is 4.46. The molecule has 8 heteroatoms. The second kappa shape index (κ2) is 10.3. The van der Waals surface area contributed by atoms with Gasteiger partial charge in [-0.15, -0.1) is 0 Å². The van der Waals surface area contributed by atoms with Crippen molar-refractivity contribution >= 4 is 38.8 Å². The third-order valence-electron chi connectivity index (χ3n) is 6.30. The van der Waals surface area contributed by atoms with Crippen LogP contribution in [0, 0.1) is 5.41 Å². The van der Waals surface area contributed by atoms with Crippen LogP contribution in [0.2, 0.25) is 5.02 Å². The summed E-state index contributed by atoms with van der Waals surface area (Å²) in [6, 6.07) is 12.8. The van der Waals surface area contributed by atoms with Gasteiger partial charge in [0.15, 0.2) is 9.84 Å².